The van der Waals surface area contributed by atoms with Gasteiger partial charge in [0.05, 0.1) is 5.56 Å². The lowest BCUT2D eigenvalue weighted by Gasteiger charge is -2.37. The maximum Gasteiger partial charge on any atom is 0.255 e. The minimum atomic E-state index is 0.251. The summed E-state index contributed by atoms with van der Waals surface area (Å²) in [4.78, 5) is 18.3. The molecular weight excluding hydrogens is 326 g/mol. The molecule has 4 fully saturated rings. The summed E-state index contributed by atoms with van der Waals surface area (Å²) in [5.41, 5.74) is 3.23. The van der Waals surface area contributed by atoms with E-state index in [0.29, 0.717) is 18.0 Å². The Labute approximate surface area is 157 Å². The van der Waals surface area contributed by atoms with Gasteiger partial charge in [-0.15, -0.1) is 0 Å². The maximum atomic E-state index is 13.4. The Bertz CT molecular complexity index is 662. The molecule has 5 nitrogen and oxygen atoms in total. The van der Waals surface area contributed by atoms with Crippen LogP contribution in [0.15, 0.2) is 6.07 Å². The third-order valence-electron chi connectivity index (χ3n) is 6.83. The molecule has 0 unspecified atom stereocenters. The lowest BCUT2D eigenvalue weighted by Crippen LogP contribution is -2.48. The molecule has 0 saturated carbocycles. The third kappa shape index (κ3) is 3.20. The van der Waals surface area contributed by atoms with Crippen LogP contribution in [0.1, 0.15) is 54.4 Å². The smallest absolute Gasteiger partial charge is 0.255 e. The maximum absolute atomic E-state index is 13.4. The van der Waals surface area contributed by atoms with E-state index in [1.807, 2.05) is 0 Å². The topological polar surface area (TPSA) is 37.7 Å². The van der Waals surface area contributed by atoms with Crippen molar-refractivity contribution in [2.75, 3.05) is 32.8 Å². The SMILES string of the molecule is CCn1c(C)cc(C(=O)N2C[C@H]3CC[C@@H]2CN(C2CCOCC2)C3)c1C. The molecule has 0 aromatic carbocycles. The second-order valence-electron chi connectivity index (χ2n) is 8.38. The summed E-state index contributed by atoms with van der Waals surface area (Å²) in [6.07, 6.45) is 4.71. The lowest BCUT2D eigenvalue weighted by atomic mass is 9.94. The van der Waals surface area contributed by atoms with Crippen LogP contribution in [-0.4, -0.2) is 65.2 Å². The van der Waals surface area contributed by atoms with E-state index < -0.39 is 0 Å². The van der Waals surface area contributed by atoms with Gasteiger partial charge < -0.3 is 14.2 Å². The Balaban J connectivity index is 1.54. The van der Waals surface area contributed by atoms with Crippen LogP contribution in [0.5, 0.6) is 0 Å². The minimum Gasteiger partial charge on any atom is -0.381 e. The van der Waals surface area contributed by atoms with Gasteiger partial charge in [-0.3, -0.25) is 9.69 Å². The van der Waals surface area contributed by atoms with Crippen molar-refractivity contribution in [2.45, 2.75) is 65.1 Å². The number of aromatic nitrogens is 1. The monoisotopic (exact) mass is 359 g/mol. The summed E-state index contributed by atoms with van der Waals surface area (Å²) >= 11 is 0. The molecule has 1 aromatic rings. The standard InChI is InChI=1S/C21H33N3O2/c1-4-23-15(2)11-20(16(23)3)21(25)24-13-17-5-6-19(24)14-22(12-17)18-7-9-26-10-8-18/h11,17-19H,4-10,12-14H2,1-3H3/t17-,19+/m0/s1. The number of amides is 1. The quantitative estimate of drug-likeness (QED) is 0.833. The van der Waals surface area contributed by atoms with E-state index in [0.717, 1.165) is 69.9 Å². The first-order valence-corrected chi connectivity index (χ1v) is 10.4. The highest BCUT2D eigenvalue weighted by atomic mass is 16.5. The van der Waals surface area contributed by atoms with Crippen molar-refractivity contribution in [1.82, 2.24) is 14.4 Å². The van der Waals surface area contributed by atoms with E-state index in [1.54, 1.807) is 0 Å². The number of ether oxygens (including phenoxy) is 1. The second kappa shape index (κ2) is 7.35. The van der Waals surface area contributed by atoms with Crippen LogP contribution in [0.25, 0.3) is 0 Å². The molecule has 0 aliphatic carbocycles. The van der Waals surface area contributed by atoms with Crippen molar-refractivity contribution in [3.05, 3.63) is 23.0 Å². The Morgan fingerprint density at radius 1 is 1.08 bits per heavy atom. The second-order valence-corrected chi connectivity index (χ2v) is 8.38. The molecule has 144 valence electrons. The summed E-state index contributed by atoms with van der Waals surface area (Å²) in [7, 11) is 0. The molecule has 26 heavy (non-hydrogen) atoms. The normalized spacial score (nSPS) is 27.7. The minimum absolute atomic E-state index is 0.251. The zero-order chi connectivity index (χ0) is 18.3. The molecule has 5 rings (SSSR count). The molecule has 4 saturated heterocycles. The summed E-state index contributed by atoms with van der Waals surface area (Å²) in [6.45, 7) is 12.2. The molecule has 1 amide bonds. The number of carbonyl (C=O) groups excluding carboxylic acids is 1. The number of hydrogen-bond acceptors (Lipinski definition) is 3. The molecule has 4 aliphatic rings. The number of carbonyl (C=O) groups is 1. The molecule has 0 N–H and O–H groups in total. The van der Waals surface area contributed by atoms with Gasteiger partial charge in [-0.05, 0) is 58.4 Å². The number of nitrogens with zero attached hydrogens (tertiary/aromatic N) is 3. The largest absolute Gasteiger partial charge is 0.381 e. The predicted octanol–water partition coefficient (Wildman–Crippen LogP) is 2.84. The Morgan fingerprint density at radius 2 is 1.85 bits per heavy atom. The molecule has 5 heteroatoms. The van der Waals surface area contributed by atoms with Gasteiger partial charge in [-0.1, -0.05) is 0 Å². The number of piperidine rings is 1. The Hall–Kier alpha value is -1.33. The number of fused-ring (bicyclic) bond motifs is 4. The van der Waals surface area contributed by atoms with Gasteiger partial charge in [0.1, 0.15) is 0 Å². The van der Waals surface area contributed by atoms with Gasteiger partial charge in [-0.25, -0.2) is 0 Å². The molecule has 4 aliphatic heterocycles. The van der Waals surface area contributed by atoms with Crippen LogP contribution in [0, 0.1) is 19.8 Å². The summed E-state index contributed by atoms with van der Waals surface area (Å²) in [6, 6.07) is 3.11. The van der Waals surface area contributed by atoms with E-state index in [-0.39, 0.29) is 5.91 Å². The number of aryl methyl sites for hydroxylation is 1. The average Bonchev–Trinajstić information content (AvgIpc) is 2.84. The average molecular weight is 360 g/mol. The highest BCUT2D eigenvalue weighted by Gasteiger charge is 2.40. The summed E-state index contributed by atoms with van der Waals surface area (Å²) in [5, 5.41) is 0. The van der Waals surface area contributed by atoms with Crippen molar-refractivity contribution < 1.29 is 9.53 Å². The zero-order valence-corrected chi connectivity index (χ0v) is 16.5. The van der Waals surface area contributed by atoms with Crippen molar-refractivity contribution in [1.29, 1.82) is 0 Å². The van der Waals surface area contributed by atoms with Gasteiger partial charge in [0.25, 0.3) is 5.91 Å². The summed E-state index contributed by atoms with van der Waals surface area (Å²) in [5.74, 6) is 0.872. The predicted molar refractivity (Wildman–Crippen MR) is 103 cm³/mol. The first kappa shape index (κ1) is 18.1. The lowest BCUT2D eigenvalue weighted by molar-refractivity contribution is 0.0304. The van der Waals surface area contributed by atoms with Crippen LogP contribution in [-0.2, 0) is 11.3 Å². The van der Waals surface area contributed by atoms with Crippen LogP contribution in [0.3, 0.4) is 0 Å². The molecule has 2 bridgehead atoms. The van der Waals surface area contributed by atoms with E-state index >= 15 is 0 Å². The van der Waals surface area contributed by atoms with Crippen molar-refractivity contribution in [3.8, 4) is 0 Å². The van der Waals surface area contributed by atoms with Gasteiger partial charge in [0.2, 0.25) is 0 Å². The van der Waals surface area contributed by atoms with E-state index in [4.69, 9.17) is 4.74 Å². The van der Waals surface area contributed by atoms with Crippen LogP contribution >= 0.6 is 0 Å². The fraction of sp³-hybridized carbons (Fsp3) is 0.762. The van der Waals surface area contributed by atoms with Gasteiger partial charge in [0.15, 0.2) is 0 Å². The summed E-state index contributed by atoms with van der Waals surface area (Å²) < 4.78 is 7.80. The van der Waals surface area contributed by atoms with E-state index in [9.17, 15) is 4.79 Å². The van der Waals surface area contributed by atoms with Crippen LogP contribution in [0.4, 0.5) is 0 Å². The molecule has 5 heterocycles. The first-order valence-electron chi connectivity index (χ1n) is 10.4. The zero-order valence-electron chi connectivity index (χ0n) is 16.5. The van der Waals surface area contributed by atoms with Crippen molar-refractivity contribution >= 4 is 5.91 Å². The van der Waals surface area contributed by atoms with Gasteiger partial charge in [-0.2, -0.15) is 0 Å². The van der Waals surface area contributed by atoms with Gasteiger partial charge in [0, 0.05) is 62.9 Å². The molecule has 0 spiro atoms. The van der Waals surface area contributed by atoms with Crippen LogP contribution < -0.4 is 0 Å². The third-order valence-corrected chi connectivity index (χ3v) is 6.83. The van der Waals surface area contributed by atoms with Crippen molar-refractivity contribution in [2.24, 2.45) is 5.92 Å². The van der Waals surface area contributed by atoms with E-state index in [2.05, 4.69) is 41.2 Å². The highest BCUT2D eigenvalue weighted by Crippen LogP contribution is 2.32. The molecular formula is C21H33N3O2. The Morgan fingerprint density at radius 3 is 2.54 bits per heavy atom. The molecule has 2 atom stereocenters. The molecule has 0 radical (unpaired) electrons. The van der Waals surface area contributed by atoms with Crippen LogP contribution in [0.2, 0.25) is 0 Å². The van der Waals surface area contributed by atoms with Gasteiger partial charge >= 0.3 is 0 Å². The molecule has 1 aromatic heterocycles. The fourth-order valence-electron chi connectivity index (χ4n) is 5.37. The van der Waals surface area contributed by atoms with Crippen molar-refractivity contribution in [3.63, 3.8) is 0 Å². The number of hydrogen-bond donors (Lipinski definition) is 0. The first-order chi connectivity index (χ1) is 12.6. The highest BCUT2D eigenvalue weighted by molar-refractivity contribution is 5.96. The fourth-order valence-corrected chi connectivity index (χ4v) is 5.37. The van der Waals surface area contributed by atoms with E-state index in [1.165, 1.54) is 12.1 Å². The number of rotatable bonds is 3. The Kier molecular flexibility index (Phi) is 5.11.